The summed E-state index contributed by atoms with van der Waals surface area (Å²) < 4.78 is 5.67. The van der Waals surface area contributed by atoms with Crippen molar-refractivity contribution >= 4 is 11.8 Å². The summed E-state index contributed by atoms with van der Waals surface area (Å²) in [5, 5.41) is 3.28. The number of imidazole rings is 1. The van der Waals surface area contributed by atoms with Gasteiger partial charge < -0.3 is 24.8 Å². The number of carbonyl (C=O) groups is 2. The van der Waals surface area contributed by atoms with Crippen molar-refractivity contribution in [1.82, 2.24) is 25.1 Å². The topological polar surface area (TPSA) is 90.6 Å². The Bertz CT molecular complexity index is 663. The molecule has 8 heteroatoms. The molecular formula is C20H31N5O3. The van der Waals surface area contributed by atoms with Crippen LogP contribution in [-0.4, -0.2) is 83.6 Å². The Labute approximate surface area is 166 Å². The van der Waals surface area contributed by atoms with Gasteiger partial charge in [-0.3, -0.25) is 9.59 Å². The molecule has 1 aromatic heterocycles. The SMILES string of the molecule is O=C(C[C@@H]1CNCCO1)N1CCC2(CCC(=O)N(CCc3cnc[nH]3)C2)CC1. The van der Waals surface area contributed by atoms with Gasteiger partial charge in [-0.1, -0.05) is 0 Å². The number of hydrogen-bond acceptors (Lipinski definition) is 5. The van der Waals surface area contributed by atoms with Crippen molar-refractivity contribution in [3.8, 4) is 0 Å². The van der Waals surface area contributed by atoms with E-state index in [9.17, 15) is 9.59 Å². The minimum absolute atomic E-state index is 0.00223. The summed E-state index contributed by atoms with van der Waals surface area (Å²) in [5.74, 6) is 0.456. The van der Waals surface area contributed by atoms with Crippen LogP contribution >= 0.6 is 0 Å². The molecule has 1 atom stereocenters. The number of likely N-dealkylation sites (tertiary alicyclic amines) is 2. The molecule has 0 aromatic carbocycles. The fourth-order valence-corrected chi connectivity index (χ4v) is 4.70. The molecule has 0 radical (unpaired) electrons. The molecule has 1 aromatic rings. The summed E-state index contributed by atoms with van der Waals surface area (Å²) in [6.45, 7) is 5.45. The van der Waals surface area contributed by atoms with Gasteiger partial charge in [-0.25, -0.2) is 4.98 Å². The Morgan fingerprint density at radius 2 is 2.18 bits per heavy atom. The van der Waals surface area contributed by atoms with E-state index in [2.05, 4.69) is 15.3 Å². The second kappa shape index (κ2) is 8.61. The van der Waals surface area contributed by atoms with E-state index in [0.717, 1.165) is 70.6 Å². The van der Waals surface area contributed by atoms with E-state index in [1.807, 2.05) is 16.0 Å². The zero-order chi connectivity index (χ0) is 19.4. The lowest BCUT2D eigenvalue weighted by Crippen LogP contribution is -2.53. The molecule has 28 heavy (non-hydrogen) atoms. The van der Waals surface area contributed by atoms with Crippen LogP contribution < -0.4 is 5.32 Å². The fourth-order valence-electron chi connectivity index (χ4n) is 4.70. The predicted molar refractivity (Wildman–Crippen MR) is 104 cm³/mol. The molecule has 4 rings (SSSR count). The molecule has 3 aliphatic rings. The van der Waals surface area contributed by atoms with Crippen molar-refractivity contribution in [3.63, 3.8) is 0 Å². The number of hydrogen-bond donors (Lipinski definition) is 2. The summed E-state index contributed by atoms with van der Waals surface area (Å²) >= 11 is 0. The number of aromatic amines is 1. The fraction of sp³-hybridized carbons (Fsp3) is 0.750. The Kier molecular flexibility index (Phi) is 5.96. The van der Waals surface area contributed by atoms with E-state index in [1.54, 1.807) is 6.33 Å². The number of piperidine rings is 2. The Balaban J connectivity index is 1.27. The van der Waals surface area contributed by atoms with Gasteiger partial charge in [-0.15, -0.1) is 0 Å². The molecular weight excluding hydrogens is 358 g/mol. The summed E-state index contributed by atoms with van der Waals surface area (Å²) in [4.78, 5) is 36.2. The quantitative estimate of drug-likeness (QED) is 0.768. The van der Waals surface area contributed by atoms with E-state index in [4.69, 9.17) is 4.74 Å². The minimum atomic E-state index is 0.00223. The highest BCUT2D eigenvalue weighted by Gasteiger charge is 2.41. The molecule has 0 unspecified atom stereocenters. The van der Waals surface area contributed by atoms with Crippen LogP contribution in [0.5, 0.6) is 0 Å². The van der Waals surface area contributed by atoms with Crippen molar-refractivity contribution in [1.29, 1.82) is 0 Å². The number of ether oxygens (including phenoxy) is 1. The van der Waals surface area contributed by atoms with Crippen LogP contribution in [0.3, 0.4) is 0 Å². The van der Waals surface area contributed by atoms with Gasteiger partial charge >= 0.3 is 0 Å². The number of H-pyrrole nitrogens is 1. The predicted octanol–water partition coefficient (Wildman–Crippen LogP) is 0.562. The second-order valence-corrected chi connectivity index (χ2v) is 8.42. The molecule has 154 valence electrons. The first-order valence-corrected chi connectivity index (χ1v) is 10.5. The van der Waals surface area contributed by atoms with E-state index < -0.39 is 0 Å². The van der Waals surface area contributed by atoms with Crippen LogP contribution in [0.15, 0.2) is 12.5 Å². The lowest BCUT2D eigenvalue weighted by atomic mass is 9.72. The third-order valence-electron chi connectivity index (χ3n) is 6.54. The van der Waals surface area contributed by atoms with Gasteiger partial charge in [0, 0.05) is 64.0 Å². The summed E-state index contributed by atoms with van der Waals surface area (Å²) in [5.41, 5.74) is 1.23. The van der Waals surface area contributed by atoms with E-state index in [-0.39, 0.29) is 23.3 Å². The Hall–Kier alpha value is -1.93. The Morgan fingerprint density at radius 3 is 2.89 bits per heavy atom. The smallest absolute Gasteiger partial charge is 0.225 e. The van der Waals surface area contributed by atoms with Gasteiger partial charge in [0.15, 0.2) is 0 Å². The summed E-state index contributed by atoms with van der Waals surface area (Å²) in [7, 11) is 0. The molecule has 0 aliphatic carbocycles. The second-order valence-electron chi connectivity index (χ2n) is 8.42. The van der Waals surface area contributed by atoms with E-state index in [1.165, 1.54) is 0 Å². The summed E-state index contributed by atoms with van der Waals surface area (Å²) in [6.07, 6.45) is 8.31. The van der Waals surface area contributed by atoms with Gasteiger partial charge in [0.2, 0.25) is 11.8 Å². The third-order valence-corrected chi connectivity index (χ3v) is 6.54. The zero-order valence-electron chi connectivity index (χ0n) is 16.5. The normalized spacial score (nSPS) is 25.3. The van der Waals surface area contributed by atoms with E-state index in [0.29, 0.717) is 19.4 Å². The maximum atomic E-state index is 12.6. The summed E-state index contributed by atoms with van der Waals surface area (Å²) in [6, 6.07) is 0. The molecule has 2 amide bonds. The first-order valence-electron chi connectivity index (χ1n) is 10.5. The van der Waals surface area contributed by atoms with Crippen molar-refractivity contribution in [2.45, 2.75) is 44.6 Å². The third kappa shape index (κ3) is 4.55. The first kappa shape index (κ1) is 19.4. The van der Waals surface area contributed by atoms with Crippen LogP contribution in [0, 0.1) is 5.41 Å². The van der Waals surface area contributed by atoms with Crippen LogP contribution in [-0.2, 0) is 20.7 Å². The van der Waals surface area contributed by atoms with Crippen LogP contribution in [0.2, 0.25) is 0 Å². The maximum absolute atomic E-state index is 12.6. The van der Waals surface area contributed by atoms with Gasteiger partial charge in [-0.2, -0.15) is 0 Å². The molecule has 4 heterocycles. The number of rotatable bonds is 5. The monoisotopic (exact) mass is 389 g/mol. The molecule has 0 saturated carbocycles. The number of nitrogens with zero attached hydrogens (tertiary/aromatic N) is 3. The van der Waals surface area contributed by atoms with Crippen molar-refractivity contribution < 1.29 is 14.3 Å². The van der Waals surface area contributed by atoms with Gasteiger partial charge in [-0.05, 0) is 24.7 Å². The van der Waals surface area contributed by atoms with Crippen molar-refractivity contribution in [3.05, 3.63) is 18.2 Å². The van der Waals surface area contributed by atoms with Gasteiger partial charge in [0.05, 0.1) is 25.5 Å². The lowest BCUT2D eigenvalue weighted by molar-refractivity contribution is -0.143. The molecule has 3 fully saturated rings. The van der Waals surface area contributed by atoms with E-state index >= 15 is 0 Å². The number of nitrogens with one attached hydrogen (secondary N) is 2. The minimum Gasteiger partial charge on any atom is -0.375 e. The number of aromatic nitrogens is 2. The van der Waals surface area contributed by atoms with Crippen molar-refractivity contribution in [2.75, 3.05) is 45.9 Å². The first-order chi connectivity index (χ1) is 13.6. The van der Waals surface area contributed by atoms with Gasteiger partial charge in [0.1, 0.15) is 0 Å². The van der Waals surface area contributed by atoms with Gasteiger partial charge in [0.25, 0.3) is 0 Å². The molecule has 8 nitrogen and oxygen atoms in total. The molecule has 0 bridgehead atoms. The Morgan fingerprint density at radius 1 is 1.32 bits per heavy atom. The maximum Gasteiger partial charge on any atom is 0.225 e. The average molecular weight is 390 g/mol. The molecule has 2 N–H and O–H groups in total. The van der Waals surface area contributed by atoms with Crippen LogP contribution in [0.1, 0.15) is 37.8 Å². The molecule has 3 saturated heterocycles. The largest absolute Gasteiger partial charge is 0.375 e. The lowest BCUT2D eigenvalue weighted by Gasteiger charge is -2.47. The van der Waals surface area contributed by atoms with Crippen molar-refractivity contribution in [2.24, 2.45) is 5.41 Å². The molecule has 1 spiro atoms. The number of amides is 2. The highest BCUT2D eigenvalue weighted by Crippen LogP contribution is 2.40. The zero-order valence-corrected chi connectivity index (χ0v) is 16.5. The average Bonchev–Trinajstić information content (AvgIpc) is 3.24. The highest BCUT2D eigenvalue weighted by molar-refractivity contribution is 5.78. The standard InChI is InChI=1S/C20H31N5O3/c26-18-1-3-20(14-25(18)7-2-16-12-22-15-23-16)4-8-24(9-5-20)19(27)11-17-13-21-6-10-28-17/h12,15,17,21H,1-11,13-14H2,(H,22,23)/t17-/m1/s1. The number of carbonyl (C=O) groups excluding carboxylic acids is 2. The highest BCUT2D eigenvalue weighted by atomic mass is 16.5. The van der Waals surface area contributed by atoms with Crippen LogP contribution in [0.25, 0.3) is 0 Å². The molecule has 3 aliphatic heterocycles. The van der Waals surface area contributed by atoms with Crippen LogP contribution in [0.4, 0.5) is 0 Å². The number of morpholine rings is 1.